The van der Waals surface area contributed by atoms with E-state index in [9.17, 15) is 13.2 Å². The summed E-state index contributed by atoms with van der Waals surface area (Å²) >= 11 is 0. The van der Waals surface area contributed by atoms with Crippen molar-refractivity contribution in [2.75, 3.05) is 17.5 Å². The maximum Gasteiger partial charge on any atom is 0.264 e. The summed E-state index contributed by atoms with van der Waals surface area (Å²) in [5, 5.41) is 3.98. The van der Waals surface area contributed by atoms with Gasteiger partial charge in [0.1, 0.15) is 18.9 Å². The van der Waals surface area contributed by atoms with E-state index >= 15 is 0 Å². The van der Waals surface area contributed by atoms with Crippen LogP contribution in [0.2, 0.25) is 0 Å². The minimum atomic E-state index is -4.00. The number of benzene rings is 3. The minimum absolute atomic E-state index is 0.110. The number of hydrazone groups is 1. The molecule has 1 N–H and O–H groups in total. The van der Waals surface area contributed by atoms with Gasteiger partial charge in [0, 0.05) is 0 Å². The fourth-order valence-corrected chi connectivity index (χ4v) is 4.75. The quantitative estimate of drug-likeness (QED) is 0.257. The molecule has 3 aromatic carbocycles. The summed E-state index contributed by atoms with van der Waals surface area (Å²) < 4.78 is 33.6. The van der Waals surface area contributed by atoms with E-state index in [4.69, 9.17) is 4.74 Å². The van der Waals surface area contributed by atoms with Crippen LogP contribution in [0.4, 0.5) is 5.69 Å². The number of anilines is 1. The molecule has 0 aliphatic carbocycles. The van der Waals surface area contributed by atoms with E-state index in [-0.39, 0.29) is 4.90 Å². The van der Waals surface area contributed by atoms with Gasteiger partial charge >= 0.3 is 0 Å². The summed E-state index contributed by atoms with van der Waals surface area (Å²) in [6.45, 7) is 9.16. The SMILES string of the molecule is C=CCOc1ccc(/C=N\NC(=O)CN(c2cc(C)ccc2C)S(=O)(=O)c2ccc(C)cc2)cc1. The highest BCUT2D eigenvalue weighted by Crippen LogP contribution is 2.28. The van der Waals surface area contributed by atoms with E-state index in [0.29, 0.717) is 18.0 Å². The van der Waals surface area contributed by atoms with Gasteiger partial charge in [-0.2, -0.15) is 5.10 Å². The Labute approximate surface area is 206 Å². The van der Waals surface area contributed by atoms with Gasteiger partial charge < -0.3 is 4.74 Å². The molecule has 0 aliphatic rings. The first kappa shape index (κ1) is 25.7. The summed E-state index contributed by atoms with van der Waals surface area (Å²) in [5.74, 6) is 0.125. The number of carbonyl (C=O) groups is 1. The first-order valence-corrected chi connectivity index (χ1v) is 12.5. The maximum atomic E-state index is 13.5. The van der Waals surface area contributed by atoms with E-state index in [1.807, 2.05) is 32.9 Å². The zero-order chi connectivity index (χ0) is 25.4. The molecule has 0 spiro atoms. The predicted molar refractivity (Wildman–Crippen MR) is 139 cm³/mol. The van der Waals surface area contributed by atoms with Crippen molar-refractivity contribution in [3.63, 3.8) is 0 Å². The second kappa shape index (κ2) is 11.5. The molecule has 0 unspecified atom stereocenters. The number of carbonyl (C=O) groups excluding carboxylic acids is 1. The standard InChI is InChI=1S/C27H29N3O4S/c1-5-16-34-24-12-10-23(11-13-24)18-28-29-27(31)19-30(26-17-21(3)6-9-22(26)4)35(32,33)25-14-7-20(2)8-15-25/h5-15,17-18H,1,16,19H2,2-4H3,(H,29,31)/b28-18-. The molecular formula is C27H29N3O4S. The molecule has 182 valence electrons. The third kappa shape index (κ3) is 6.80. The summed E-state index contributed by atoms with van der Waals surface area (Å²) in [6.07, 6.45) is 3.14. The van der Waals surface area contributed by atoms with Gasteiger partial charge in [-0.25, -0.2) is 13.8 Å². The minimum Gasteiger partial charge on any atom is -0.490 e. The highest BCUT2D eigenvalue weighted by molar-refractivity contribution is 7.92. The molecule has 0 radical (unpaired) electrons. The third-order valence-electron chi connectivity index (χ3n) is 5.18. The number of rotatable bonds is 10. The molecule has 0 aromatic heterocycles. The van der Waals surface area contributed by atoms with Crippen molar-refractivity contribution in [1.82, 2.24) is 5.43 Å². The van der Waals surface area contributed by atoms with Crippen LogP contribution in [0.25, 0.3) is 0 Å². The molecule has 0 aliphatic heterocycles. The number of ether oxygens (including phenoxy) is 1. The van der Waals surface area contributed by atoms with Gasteiger partial charge in [0.05, 0.1) is 16.8 Å². The van der Waals surface area contributed by atoms with Crippen LogP contribution >= 0.6 is 0 Å². The second-order valence-electron chi connectivity index (χ2n) is 8.08. The molecule has 3 aromatic rings. The van der Waals surface area contributed by atoms with Crippen LogP contribution in [-0.2, 0) is 14.8 Å². The Morgan fingerprint density at radius 3 is 2.31 bits per heavy atom. The van der Waals surface area contributed by atoms with E-state index in [1.54, 1.807) is 60.7 Å². The Morgan fingerprint density at radius 2 is 1.66 bits per heavy atom. The number of sulfonamides is 1. The van der Waals surface area contributed by atoms with Crippen LogP contribution in [0, 0.1) is 20.8 Å². The summed E-state index contributed by atoms with van der Waals surface area (Å²) in [6, 6.07) is 19.2. The molecule has 35 heavy (non-hydrogen) atoms. The monoisotopic (exact) mass is 491 g/mol. The highest BCUT2D eigenvalue weighted by Gasteiger charge is 2.28. The van der Waals surface area contributed by atoms with Crippen LogP contribution in [0.3, 0.4) is 0 Å². The average molecular weight is 492 g/mol. The molecule has 0 heterocycles. The number of amides is 1. The Kier molecular flexibility index (Phi) is 8.43. The Hall–Kier alpha value is -3.91. The molecule has 7 nitrogen and oxygen atoms in total. The van der Waals surface area contributed by atoms with Gasteiger partial charge in [-0.1, -0.05) is 42.5 Å². The van der Waals surface area contributed by atoms with Gasteiger partial charge in [-0.05, 0) is 79.9 Å². The molecule has 0 saturated carbocycles. The van der Waals surface area contributed by atoms with Crippen molar-refractivity contribution in [2.24, 2.45) is 5.10 Å². The molecule has 0 fully saturated rings. The fourth-order valence-electron chi connectivity index (χ4n) is 3.28. The molecular weight excluding hydrogens is 462 g/mol. The maximum absolute atomic E-state index is 13.5. The smallest absolute Gasteiger partial charge is 0.264 e. The number of aryl methyl sites for hydroxylation is 3. The van der Waals surface area contributed by atoms with Crippen LogP contribution in [0.1, 0.15) is 22.3 Å². The normalized spacial score (nSPS) is 11.3. The molecule has 1 amide bonds. The molecule has 3 rings (SSSR count). The van der Waals surface area contributed by atoms with Gasteiger partial charge in [-0.3, -0.25) is 9.10 Å². The van der Waals surface area contributed by atoms with Crippen molar-refractivity contribution in [3.05, 3.63) is 102 Å². The van der Waals surface area contributed by atoms with Gasteiger partial charge in [0.25, 0.3) is 15.9 Å². The lowest BCUT2D eigenvalue weighted by molar-refractivity contribution is -0.119. The third-order valence-corrected chi connectivity index (χ3v) is 6.95. The van der Waals surface area contributed by atoms with Crippen molar-refractivity contribution in [2.45, 2.75) is 25.7 Å². The van der Waals surface area contributed by atoms with Gasteiger partial charge in [0.15, 0.2) is 0 Å². The van der Waals surface area contributed by atoms with Crippen LogP contribution < -0.4 is 14.5 Å². The molecule has 8 heteroatoms. The van der Waals surface area contributed by atoms with E-state index in [2.05, 4.69) is 17.1 Å². The van der Waals surface area contributed by atoms with Crippen molar-refractivity contribution in [3.8, 4) is 5.75 Å². The molecule has 0 saturated heterocycles. The summed E-state index contributed by atoms with van der Waals surface area (Å²) in [5.41, 5.74) is 6.18. The second-order valence-corrected chi connectivity index (χ2v) is 9.94. The number of hydrogen-bond donors (Lipinski definition) is 1. The zero-order valence-corrected chi connectivity index (χ0v) is 20.9. The van der Waals surface area contributed by atoms with Gasteiger partial charge in [0.2, 0.25) is 0 Å². The van der Waals surface area contributed by atoms with E-state index in [1.165, 1.54) is 6.21 Å². The lowest BCUT2D eigenvalue weighted by atomic mass is 10.1. The Balaban J connectivity index is 1.80. The van der Waals surface area contributed by atoms with Crippen LogP contribution in [0.5, 0.6) is 5.75 Å². The first-order chi connectivity index (χ1) is 16.7. The number of nitrogens with one attached hydrogen (secondary N) is 1. The lowest BCUT2D eigenvalue weighted by Gasteiger charge is -2.25. The summed E-state index contributed by atoms with van der Waals surface area (Å²) in [4.78, 5) is 12.9. The van der Waals surface area contributed by atoms with E-state index < -0.39 is 22.5 Å². The zero-order valence-electron chi connectivity index (χ0n) is 20.1. The molecule has 0 bridgehead atoms. The molecule has 0 atom stereocenters. The summed E-state index contributed by atoms with van der Waals surface area (Å²) in [7, 11) is -4.00. The average Bonchev–Trinajstić information content (AvgIpc) is 2.84. The Morgan fingerprint density at radius 1 is 1.00 bits per heavy atom. The first-order valence-electron chi connectivity index (χ1n) is 11.0. The topological polar surface area (TPSA) is 88.1 Å². The van der Waals surface area contributed by atoms with Crippen molar-refractivity contribution < 1.29 is 17.9 Å². The Bertz CT molecular complexity index is 1320. The van der Waals surface area contributed by atoms with Crippen molar-refractivity contribution >= 4 is 27.8 Å². The largest absolute Gasteiger partial charge is 0.490 e. The van der Waals surface area contributed by atoms with Crippen LogP contribution in [0.15, 0.2) is 89.4 Å². The lowest BCUT2D eigenvalue weighted by Crippen LogP contribution is -2.40. The highest BCUT2D eigenvalue weighted by atomic mass is 32.2. The van der Waals surface area contributed by atoms with Crippen molar-refractivity contribution in [1.29, 1.82) is 0 Å². The van der Waals surface area contributed by atoms with E-state index in [0.717, 1.165) is 26.6 Å². The van der Waals surface area contributed by atoms with Crippen LogP contribution in [-0.4, -0.2) is 33.7 Å². The number of hydrogen-bond acceptors (Lipinski definition) is 5. The fraction of sp³-hybridized carbons (Fsp3) is 0.185. The number of nitrogens with zero attached hydrogens (tertiary/aromatic N) is 2. The van der Waals surface area contributed by atoms with Gasteiger partial charge in [-0.15, -0.1) is 0 Å². The predicted octanol–water partition coefficient (Wildman–Crippen LogP) is 4.52.